The summed E-state index contributed by atoms with van der Waals surface area (Å²) in [5.74, 6) is 2.38. The van der Waals surface area contributed by atoms with Crippen molar-refractivity contribution in [3.63, 3.8) is 0 Å². The summed E-state index contributed by atoms with van der Waals surface area (Å²) in [6, 6.07) is 14.6. The van der Waals surface area contributed by atoms with Gasteiger partial charge in [-0.05, 0) is 53.9 Å². The Kier molecular flexibility index (Phi) is 6.64. The number of hydrogen-bond acceptors (Lipinski definition) is 3. The van der Waals surface area contributed by atoms with Gasteiger partial charge in [0.2, 0.25) is 0 Å². The molecule has 0 heterocycles. The Morgan fingerprint density at radius 3 is 1.74 bits per heavy atom. The van der Waals surface area contributed by atoms with Crippen molar-refractivity contribution in [1.82, 2.24) is 0 Å². The second-order valence-corrected chi connectivity index (χ2v) is 6.46. The van der Waals surface area contributed by atoms with Crippen LogP contribution in [-0.4, -0.2) is 12.9 Å². The summed E-state index contributed by atoms with van der Waals surface area (Å²) < 4.78 is 10.9. The molecule has 0 saturated heterocycles. The third kappa shape index (κ3) is 5.95. The second kappa shape index (κ2) is 8.02. The quantitative estimate of drug-likeness (QED) is 0.674. The van der Waals surface area contributed by atoms with Gasteiger partial charge in [0.15, 0.2) is 5.78 Å². The largest absolute Gasteiger partial charge is 0.497 e. The molecule has 0 fully saturated rings. The first-order valence-electron chi connectivity index (χ1n) is 7.32. The Bertz CT molecular complexity index is 625. The number of rotatable bonds is 5. The highest BCUT2D eigenvalue weighted by molar-refractivity contribution is 5.96. The van der Waals surface area contributed by atoms with Gasteiger partial charge in [-0.2, -0.15) is 0 Å². The molecule has 4 heteroatoms. The highest BCUT2D eigenvalue weighted by atomic mass is 35.5. The van der Waals surface area contributed by atoms with Crippen LogP contribution in [0.25, 0.3) is 0 Å². The molecule has 0 atom stereocenters. The molecular weight excluding hydrogens is 312 g/mol. The van der Waals surface area contributed by atoms with Crippen LogP contribution in [-0.2, 0) is 0 Å². The summed E-state index contributed by atoms with van der Waals surface area (Å²) in [7, 11) is 1.63. The van der Waals surface area contributed by atoms with Crippen LogP contribution in [0, 0.1) is 5.41 Å². The molecule has 2 aromatic carbocycles. The van der Waals surface area contributed by atoms with Gasteiger partial charge in [0.25, 0.3) is 0 Å². The Morgan fingerprint density at radius 1 is 0.870 bits per heavy atom. The molecule has 0 aromatic heterocycles. The first-order chi connectivity index (χ1) is 10.4. The Balaban J connectivity index is 0.00000264. The van der Waals surface area contributed by atoms with E-state index >= 15 is 0 Å². The number of hydrogen-bond donors (Lipinski definition) is 0. The fourth-order valence-corrected chi connectivity index (χ4v) is 2.07. The van der Waals surface area contributed by atoms with Crippen molar-refractivity contribution >= 4 is 18.2 Å². The molecule has 23 heavy (non-hydrogen) atoms. The summed E-state index contributed by atoms with van der Waals surface area (Å²) in [5.41, 5.74) is 0.715. The molecular formula is C19H23ClO3. The highest BCUT2D eigenvalue weighted by Gasteiger charge is 2.17. The van der Waals surface area contributed by atoms with Gasteiger partial charge in [0.05, 0.1) is 7.11 Å². The normalized spacial score (nSPS) is 10.6. The Hall–Kier alpha value is -2.00. The van der Waals surface area contributed by atoms with Crippen LogP contribution in [0.4, 0.5) is 0 Å². The van der Waals surface area contributed by atoms with Crippen LogP contribution in [0.5, 0.6) is 17.2 Å². The summed E-state index contributed by atoms with van der Waals surface area (Å²) >= 11 is 0. The third-order valence-electron chi connectivity index (χ3n) is 3.16. The molecule has 0 aliphatic heterocycles. The van der Waals surface area contributed by atoms with E-state index < -0.39 is 0 Å². The molecule has 0 amide bonds. The average molecular weight is 335 g/mol. The number of ketones is 1. The van der Waals surface area contributed by atoms with Crippen molar-refractivity contribution in [3.05, 3.63) is 54.1 Å². The molecule has 0 bridgehead atoms. The minimum atomic E-state index is -0.00461. The van der Waals surface area contributed by atoms with Crippen LogP contribution < -0.4 is 9.47 Å². The van der Waals surface area contributed by atoms with Gasteiger partial charge in [-0.25, -0.2) is 0 Å². The van der Waals surface area contributed by atoms with E-state index in [9.17, 15) is 4.79 Å². The average Bonchev–Trinajstić information content (AvgIpc) is 2.47. The van der Waals surface area contributed by atoms with Gasteiger partial charge in [-0.1, -0.05) is 20.8 Å². The van der Waals surface area contributed by atoms with E-state index in [0.717, 1.165) is 17.1 Å². The maximum atomic E-state index is 12.1. The summed E-state index contributed by atoms with van der Waals surface area (Å²) in [6.45, 7) is 6.18. The van der Waals surface area contributed by atoms with Gasteiger partial charge in [0, 0.05) is 12.0 Å². The molecule has 0 N–H and O–H groups in total. The standard InChI is InChI=1S/C19H22O3.ClH/c1-19(2,3)13-18(20)14-5-7-16(8-6-14)22-17-11-9-15(21-4)10-12-17;/h5-12H,13H2,1-4H3;1H. The van der Waals surface area contributed by atoms with Crippen molar-refractivity contribution in [3.8, 4) is 17.2 Å². The predicted octanol–water partition coefficient (Wildman–Crippen LogP) is 5.53. The van der Waals surface area contributed by atoms with Crippen LogP contribution in [0.3, 0.4) is 0 Å². The zero-order valence-electron chi connectivity index (χ0n) is 14.0. The molecule has 2 rings (SSSR count). The van der Waals surface area contributed by atoms with Crippen molar-refractivity contribution in [2.24, 2.45) is 5.41 Å². The van der Waals surface area contributed by atoms with Gasteiger partial charge in [-0.15, -0.1) is 12.4 Å². The van der Waals surface area contributed by atoms with Crippen LogP contribution >= 0.6 is 12.4 Å². The summed E-state index contributed by atoms with van der Waals surface area (Å²) in [4.78, 5) is 12.1. The van der Waals surface area contributed by atoms with E-state index in [1.54, 1.807) is 7.11 Å². The zero-order chi connectivity index (χ0) is 16.2. The number of halogens is 1. The molecule has 2 aromatic rings. The van der Waals surface area contributed by atoms with Crippen molar-refractivity contribution < 1.29 is 14.3 Å². The predicted molar refractivity (Wildman–Crippen MR) is 95.2 cm³/mol. The minimum absolute atomic E-state index is 0. The molecule has 3 nitrogen and oxygen atoms in total. The minimum Gasteiger partial charge on any atom is -0.497 e. The lowest BCUT2D eigenvalue weighted by Crippen LogP contribution is -2.12. The van der Waals surface area contributed by atoms with E-state index in [4.69, 9.17) is 9.47 Å². The summed E-state index contributed by atoms with van der Waals surface area (Å²) in [6.07, 6.45) is 0.533. The fourth-order valence-electron chi connectivity index (χ4n) is 2.07. The molecule has 0 unspecified atom stereocenters. The lowest BCUT2D eigenvalue weighted by molar-refractivity contribution is 0.0940. The van der Waals surface area contributed by atoms with Gasteiger partial charge >= 0.3 is 0 Å². The Labute approximate surface area is 144 Å². The highest BCUT2D eigenvalue weighted by Crippen LogP contribution is 2.26. The molecule has 0 radical (unpaired) electrons. The van der Waals surface area contributed by atoms with Crippen LogP contribution in [0.15, 0.2) is 48.5 Å². The van der Waals surface area contributed by atoms with Gasteiger partial charge in [-0.3, -0.25) is 4.79 Å². The fraction of sp³-hybridized carbons (Fsp3) is 0.316. The van der Waals surface area contributed by atoms with Gasteiger partial charge in [0.1, 0.15) is 17.2 Å². The van der Waals surface area contributed by atoms with E-state index in [-0.39, 0.29) is 23.6 Å². The van der Waals surface area contributed by atoms with Crippen molar-refractivity contribution in [2.45, 2.75) is 27.2 Å². The molecule has 0 aliphatic carbocycles. The maximum Gasteiger partial charge on any atom is 0.163 e. The third-order valence-corrected chi connectivity index (χ3v) is 3.16. The zero-order valence-corrected chi connectivity index (χ0v) is 14.8. The van der Waals surface area contributed by atoms with Crippen molar-refractivity contribution in [1.29, 1.82) is 0 Å². The number of Topliss-reactive ketones (excluding diaryl/α,β-unsaturated/α-hetero) is 1. The smallest absolute Gasteiger partial charge is 0.163 e. The van der Waals surface area contributed by atoms with Crippen LogP contribution in [0.2, 0.25) is 0 Å². The number of carbonyl (C=O) groups is 1. The lowest BCUT2D eigenvalue weighted by atomic mass is 9.88. The van der Waals surface area contributed by atoms with Gasteiger partial charge < -0.3 is 9.47 Å². The monoisotopic (exact) mass is 334 g/mol. The number of benzene rings is 2. The van der Waals surface area contributed by atoms with E-state index in [0.29, 0.717) is 12.2 Å². The van der Waals surface area contributed by atoms with Crippen LogP contribution in [0.1, 0.15) is 37.6 Å². The summed E-state index contributed by atoms with van der Waals surface area (Å²) in [5, 5.41) is 0. The van der Waals surface area contributed by atoms with E-state index in [1.165, 1.54) is 0 Å². The molecule has 0 spiro atoms. The Morgan fingerprint density at radius 2 is 1.30 bits per heavy atom. The molecule has 0 saturated carbocycles. The number of methoxy groups -OCH3 is 1. The number of ether oxygens (including phenoxy) is 2. The SMILES string of the molecule is COc1ccc(Oc2ccc(C(=O)CC(C)(C)C)cc2)cc1.Cl. The topological polar surface area (TPSA) is 35.5 Å². The first kappa shape index (κ1) is 19.0. The lowest BCUT2D eigenvalue weighted by Gasteiger charge is -2.16. The van der Waals surface area contributed by atoms with E-state index in [1.807, 2.05) is 48.5 Å². The maximum absolute atomic E-state index is 12.1. The van der Waals surface area contributed by atoms with E-state index in [2.05, 4.69) is 20.8 Å². The number of carbonyl (C=O) groups excluding carboxylic acids is 1. The first-order valence-corrected chi connectivity index (χ1v) is 7.32. The molecule has 0 aliphatic rings. The molecule has 124 valence electrons. The second-order valence-electron chi connectivity index (χ2n) is 6.46. The van der Waals surface area contributed by atoms with Crippen molar-refractivity contribution in [2.75, 3.05) is 7.11 Å².